The number of rotatable bonds is 4. The largest absolute Gasteiger partial charge is 0.385 e. The maximum atomic E-state index is 12.7. The van der Waals surface area contributed by atoms with Crippen molar-refractivity contribution in [1.82, 2.24) is 10.1 Å². The minimum Gasteiger partial charge on any atom is -0.385 e. The van der Waals surface area contributed by atoms with Gasteiger partial charge in [0.2, 0.25) is 5.91 Å². The molecule has 126 valence electrons. The predicted molar refractivity (Wildman–Crippen MR) is 90.1 cm³/mol. The Morgan fingerprint density at radius 2 is 2.25 bits per heavy atom. The number of benzene rings is 1. The summed E-state index contributed by atoms with van der Waals surface area (Å²) in [6.45, 7) is 2.60. The van der Waals surface area contributed by atoms with Gasteiger partial charge in [0.15, 0.2) is 5.82 Å². The molecule has 0 fully saturated rings. The molecule has 24 heavy (non-hydrogen) atoms. The number of anilines is 2. The van der Waals surface area contributed by atoms with Crippen LogP contribution < -0.4 is 10.6 Å². The first-order valence-corrected chi connectivity index (χ1v) is 7.89. The lowest BCUT2D eigenvalue weighted by molar-refractivity contribution is -0.116. The van der Waals surface area contributed by atoms with Gasteiger partial charge in [0.1, 0.15) is 5.76 Å². The number of nitrogens with one attached hydrogen (secondary N) is 2. The molecule has 2 N–H and O–H groups in total. The van der Waals surface area contributed by atoms with Gasteiger partial charge in [-0.1, -0.05) is 11.2 Å². The molecule has 2 aromatic rings. The normalized spacial score (nSPS) is 12.9. The van der Waals surface area contributed by atoms with Gasteiger partial charge >= 0.3 is 0 Å². The quantitative estimate of drug-likeness (QED) is 0.897. The molecule has 1 aromatic carbocycles. The summed E-state index contributed by atoms with van der Waals surface area (Å²) in [6.07, 6.45) is 1.86. The van der Waals surface area contributed by atoms with E-state index in [4.69, 9.17) is 4.52 Å². The SMILES string of the molecule is Cc1cc(NC(=O)CN(C)C(=O)c2cccc3c2CCCN3)no1. The van der Waals surface area contributed by atoms with Crippen LogP contribution in [0, 0.1) is 6.92 Å². The maximum absolute atomic E-state index is 12.7. The Balaban J connectivity index is 1.67. The van der Waals surface area contributed by atoms with E-state index >= 15 is 0 Å². The van der Waals surface area contributed by atoms with Crippen molar-refractivity contribution in [2.75, 3.05) is 30.8 Å². The van der Waals surface area contributed by atoms with E-state index < -0.39 is 0 Å². The standard InChI is InChI=1S/C17H20N4O3/c1-11-9-15(20-24-11)19-16(22)10-21(2)17(23)13-5-3-7-14-12(13)6-4-8-18-14/h3,5,7,9,18H,4,6,8,10H2,1-2H3,(H,19,20,22). The number of likely N-dealkylation sites (N-methyl/N-ethyl adjacent to an activating group) is 1. The monoisotopic (exact) mass is 328 g/mol. The number of hydrogen-bond donors (Lipinski definition) is 2. The Hall–Kier alpha value is -2.83. The van der Waals surface area contributed by atoms with Gasteiger partial charge in [0.05, 0.1) is 6.54 Å². The number of fused-ring (bicyclic) bond motifs is 1. The molecule has 0 saturated heterocycles. The summed E-state index contributed by atoms with van der Waals surface area (Å²) in [5, 5.41) is 9.62. The molecule has 0 saturated carbocycles. The zero-order valence-electron chi connectivity index (χ0n) is 13.8. The minimum atomic E-state index is -0.318. The van der Waals surface area contributed by atoms with Crippen LogP contribution in [0.15, 0.2) is 28.8 Å². The van der Waals surface area contributed by atoms with E-state index in [0.717, 1.165) is 30.6 Å². The third kappa shape index (κ3) is 3.40. The summed E-state index contributed by atoms with van der Waals surface area (Å²) in [5.41, 5.74) is 2.67. The van der Waals surface area contributed by atoms with Crippen LogP contribution in [0.25, 0.3) is 0 Å². The lowest BCUT2D eigenvalue weighted by atomic mass is 9.97. The van der Waals surface area contributed by atoms with Crippen molar-refractivity contribution in [2.24, 2.45) is 0 Å². The zero-order chi connectivity index (χ0) is 17.1. The van der Waals surface area contributed by atoms with E-state index in [1.54, 1.807) is 20.0 Å². The summed E-state index contributed by atoms with van der Waals surface area (Å²) in [7, 11) is 1.62. The summed E-state index contributed by atoms with van der Waals surface area (Å²) in [6, 6.07) is 7.27. The molecule has 0 bridgehead atoms. The number of aromatic nitrogens is 1. The van der Waals surface area contributed by atoms with Crippen molar-refractivity contribution in [2.45, 2.75) is 19.8 Å². The molecule has 2 amide bonds. The third-order valence-corrected chi connectivity index (χ3v) is 3.95. The Kier molecular flexibility index (Phi) is 4.50. The number of amides is 2. The first-order valence-electron chi connectivity index (χ1n) is 7.89. The molecule has 7 heteroatoms. The van der Waals surface area contributed by atoms with Gasteiger partial charge in [-0.15, -0.1) is 0 Å². The fourth-order valence-electron chi connectivity index (χ4n) is 2.81. The molecule has 0 atom stereocenters. The number of carbonyl (C=O) groups is 2. The fraction of sp³-hybridized carbons (Fsp3) is 0.353. The van der Waals surface area contributed by atoms with Gasteiger partial charge in [-0.05, 0) is 37.5 Å². The highest BCUT2D eigenvalue weighted by Gasteiger charge is 2.21. The van der Waals surface area contributed by atoms with E-state index in [-0.39, 0.29) is 18.4 Å². The van der Waals surface area contributed by atoms with Crippen LogP contribution in [0.3, 0.4) is 0 Å². The maximum Gasteiger partial charge on any atom is 0.254 e. The number of carbonyl (C=O) groups excluding carboxylic acids is 2. The Labute approximate surface area is 140 Å². The molecule has 1 aliphatic heterocycles. The van der Waals surface area contributed by atoms with Crippen molar-refractivity contribution >= 4 is 23.3 Å². The molecular weight excluding hydrogens is 308 g/mol. The first-order chi connectivity index (χ1) is 11.5. The highest BCUT2D eigenvalue weighted by atomic mass is 16.5. The fourth-order valence-corrected chi connectivity index (χ4v) is 2.81. The van der Waals surface area contributed by atoms with Crippen molar-refractivity contribution in [1.29, 1.82) is 0 Å². The molecular formula is C17H20N4O3. The molecule has 0 radical (unpaired) electrons. The van der Waals surface area contributed by atoms with Gasteiger partial charge < -0.3 is 20.1 Å². The average molecular weight is 328 g/mol. The zero-order valence-corrected chi connectivity index (χ0v) is 13.8. The molecule has 7 nitrogen and oxygen atoms in total. The third-order valence-electron chi connectivity index (χ3n) is 3.95. The van der Waals surface area contributed by atoms with E-state index in [0.29, 0.717) is 17.1 Å². The Morgan fingerprint density at radius 3 is 3.00 bits per heavy atom. The molecule has 1 aromatic heterocycles. The summed E-state index contributed by atoms with van der Waals surface area (Å²) < 4.78 is 4.90. The van der Waals surface area contributed by atoms with Gasteiger partial charge in [0, 0.05) is 30.9 Å². The lowest BCUT2D eigenvalue weighted by Crippen LogP contribution is -2.35. The van der Waals surface area contributed by atoms with Crippen LogP contribution in [-0.4, -0.2) is 42.0 Å². The minimum absolute atomic E-state index is 0.0537. The Bertz CT molecular complexity index is 769. The second-order valence-corrected chi connectivity index (χ2v) is 5.89. The van der Waals surface area contributed by atoms with E-state index in [2.05, 4.69) is 15.8 Å². The van der Waals surface area contributed by atoms with E-state index in [9.17, 15) is 9.59 Å². The van der Waals surface area contributed by atoms with Crippen LogP contribution in [0.4, 0.5) is 11.5 Å². The number of hydrogen-bond acceptors (Lipinski definition) is 5. The highest BCUT2D eigenvalue weighted by molar-refractivity contribution is 6.00. The Morgan fingerprint density at radius 1 is 1.42 bits per heavy atom. The van der Waals surface area contributed by atoms with Gasteiger partial charge in [-0.3, -0.25) is 9.59 Å². The summed E-state index contributed by atoms with van der Waals surface area (Å²) in [4.78, 5) is 26.2. The van der Waals surface area contributed by atoms with Crippen LogP contribution in [0.1, 0.15) is 28.1 Å². The van der Waals surface area contributed by atoms with Gasteiger partial charge in [0.25, 0.3) is 5.91 Å². The number of aryl methyl sites for hydroxylation is 1. The van der Waals surface area contributed by atoms with Crippen molar-refractivity contribution in [3.05, 3.63) is 41.2 Å². The highest BCUT2D eigenvalue weighted by Crippen LogP contribution is 2.26. The average Bonchev–Trinajstić information content (AvgIpc) is 2.98. The topological polar surface area (TPSA) is 87.5 Å². The van der Waals surface area contributed by atoms with Crippen LogP contribution in [-0.2, 0) is 11.2 Å². The smallest absolute Gasteiger partial charge is 0.254 e. The summed E-state index contributed by atoms with van der Waals surface area (Å²) in [5.74, 6) is 0.474. The van der Waals surface area contributed by atoms with E-state index in [1.807, 2.05) is 18.2 Å². The summed E-state index contributed by atoms with van der Waals surface area (Å²) >= 11 is 0. The van der Waals surface area contributed by atoms with Crippen molar-refractivity contribution in [3.8, 4) is 0 Å². The first kappa shape index (κ1) is 16.0. The molecule has 0 unspecified atom stereocenters. The lowest BCUT2D eigenvalue weighted by Gasteiger charge is -2.23. The predicted octanol–water partition coefficient (Wildman–Crippen LogP) is 2.05. The van der Waals surface area contributed by atoms with Crippen LogP contribution in [0.2, 0.25) is 0 Å². The second-order valence-electron chi connectivity index (χ2n) is 5.89. The van der Waals surface area contributed by atoms with Gasteiger partial charge in [-0.2, -0.15) is 0 Å². The molecule has 0 aliphatic carbocycles. The van der Waals surface area contributed by atoms with Crippen LogP contribution >= 0.6 is 0 Å². The number of nitrogens with zero attached hydrogens (tertiary/aromatic N) is 2. The molecule has 2 heterocycles. The van der Waals surface area contributed by atoms with Crippen molar-refractivity contribution < 1.29 is 14.1 Å². The van der Waals surface area contributed by atoms with Crippen LogP contribution in [0.5, 0.6) is 0 Å². The molecule has 0 spiro atoms. The van der Waals surface area contributed by atoms with Crippen molar-refractivity contribution in [3.63, 3.8) is 0 Å². The second kappa shape index (κ2) is 6.74. The van der Waals surface area contributed by atoms with E-state index in [1.165, 1.54) is 4.90 Å². The molecule has 3 rings (SSSR count). The van der Waals surface area contributed by atoms with Gasteiger partial charge in [-0.25, -0.2) is 0 Å². The molecule has 1 aliphatic rings.